The van der Waals surface area contributed by atoms with Gasteiger partial charge in [-0.25, -0.2) is 4.98 Å². The van der Waals surface area contributed by atoms with E-state index in [9.17, 15) is 5.11 Å². The summed E-state index contributed by atoms with van der Waals surface area (Å²) in [5.74, 6) is 0.637. The van der Waals surface area contributed by atoms with Crippen molar-refractivity contribution in [3.05, 3.63) is 22.8 Å². The van der Waals surface area contributed by atoms with Gasteiger partial charge in [0.05, 0.1) is 11.1 Å². The summed E-state index contributed by atoms with van der Waals surface area (Å²) in [5, 5.41) is 19.6. The average molecular weight is 324 g/mol. The molecule has 0 saturated carbocycles. The fourth-order valence-corrected chi connectivity index (χ4v) is 2.67. The summed E-state index contributed by atoms with van der Waals surface area (Å²) in [4.78, 5) is 10.6. The highest BCUT2D eigenvalue weighted by molar-refractivity contribution is 6.31. The summed E-state index contributed by atoms with van der Waals surface area (Å²) in [6.45, 7) is 5.15. The molecule has 1 aromatic rings. The summed E-state index contributed by atoms with van der Waals surface area (Å²) in [7, 11) is 3.96. The largest absolute Gasteiger partial charge is 0.390 e. The van der Waals surface area contributed by atoms with Crippen LogP contribution in [0.1, 0.15) is 5.69 Å². The molecule has 2 rings (SSSR count). The summed E-state index contributed by atoms with van der Waals surface area (Å²) in [6, 6.07) is 5.38. The molecule has 1 aliphatic rings. The van der Waals surface area contributed by atoms with Crippen LogP contribution in [0.3, 0.4) is 0 Å². The number of hydrogen-bond donors (Lipinski definition) is 1. The van der Waals surface area contributed by atoms with Gasteiger partial charge in [0, 0.05) is 46.3 Å². The Labute approximate surface area is 136 Å². The van der Waals surface area contributed by atoms with E-state index < -0.39 is 6.10 Å². The van der Waals surface area contributed by atoms with Crippen LogP contribution >= 0.6 is 11.6 Å². The molecular weight excluding hydrogens is 302 g/mol. The highest BCUT2D eigenvalue weighted by Gasteiger charge is 2.18. The second-order valence-electron chi connectivity index (χ2n) is 5.75. The van der Waals surface area contributed by atoms with Gasteiger partial charge in [0.25, 0.3) is 0 Å². The van der Waals surface area contributed by atoms with Crippen LogP contribution in [0.5, 0.6) is 0 Å². The number of aliphatic hydroxyl groups is 1. The molecule has 1 aromatic heterocycles. The maximum Gasteiger partial charge on any atom is 0.161 e. The summed E-state index contributed by atoms with van der Waals surface area (Å²) in [5.41, 5.74) is 0.208. The third kappa shape index (κ3) is 4.55. The van der Waals surface area contributed by atoms with Crippen LogP contribution in [0.4, 0.5) is 5.82 Å². The number of likely N-dealkylation sites (N-methyl/N-ethyl adjacent to an activating group) is 2. The van der Waals surface area contributed by atoms with Crippen LogP contribution in [0.2, 0.25) is 5.02 Å². The number of pyridine rings is 1. The van der Waals surface area contributed by atoms with E-state index in [4.69, 9.17) is 16.9 Å². The highest BCUT2D eigenvalue weighted by atomic mass is 35.5. The zero-order valence-electron chi connectivity index (χ0n) is 13.0. The summed E-state index contributed by atoms with van der Waals surface area (Å²) < 4.78 is 0. The Morgan fingerprint density at radius 2 is 2.09 bits per heavy atom. The van der Waals surface area contributed by atoms with Crippen molar-refractivity contribution < 1.29 is 5.11 Å². The molecule has 0 unspecified atom stereocenters. The Balaban J connectivity index is 1.88. The molecule has 2 heterocycles. The summed E-state index contributed by atoms with van der Waals surface area (Å²) in [6.07, 6.45) is -0.462. The first-order valence-electron chi connectivity index (χ1n) is 7.36. The third-order valence-electron chi connectivity index (χ3n) is 3.88. The zero-order valence-corrected chi connectivity index (χ0v) is 13.8. The van der Waals surface area contributed by atoms with Crippen LogP contribution in [-0.2, 0) is 0 Å². The van der Waals surface area contributed by atoms with Gasteiger partial charge in [-0.3, -0.25) is 4.90 Å². The van der Waals surface area contributed by atoms with E-state index in [0.29, 0.717) is 23.9 Å². The van der Waals surface area contributed by atoms with Gasteiger partial charge in [-0.15, -0.1) is 0 Å². The molecule has 1 saturated heterocycles. The Morgan fingerprint density at radius 1 is 1.41 bits per heavy atom. The van der Waals surface area contributed by atoms with Crippen molar-refractivity contribution in [2.24, 2.45) is 0 Å². The molecule has 0 aromatic carbocycles. The second-order valence-corrected chi connectivity index (χ2v) is 6.16. The number of nitrogens with zero attached hydrogens (tertiary/aromatic N) is 5. The van der Waals surface area contributed by atoms with Crippen molar-refractivity contribution in [3.63, 3.8) is 0 Å². The quantitative estimate of drug-likeness (QED) is 0.858. The zero-order chi connectivity index (χ0) is 16.1. The number of hydrogen-bond acceptors (Lipinski definition) is 6. The molecule has 6 nitrogen and oxygen atoms in total. The monoisotopic (exact) mass is 323 g/mol. The van der Waals surface area contributed by atoms with E-state index >= 15 is 0 Å². The molecule has 0 bridgehead atoms. The van der Waals surface area contributed by atoms with Gasteiger partial charge in [0.1, 0.15) is 11.9 Å². The van der Waals surface area contributed by atoms with Crippen molar-refractivity contribution in [1.29, 1.82) is 5.26 Å². The lowest BCUT2D eigenvalue weighted by Gasteiger charge is -2.34. The molecule has 0 spiro atoms. The highest BCUT2D eigenvalue weighted by Crippen LogP contribution is 2.18. The number of aliphatic hydroxyl groups excluding tert-OH is 1. The van der Waals surface area contributed by atoms with Crippen LogP contribution in [0.25, 0.3) is 0 Å². The molecule has 1 N–H and O–H groups in total. The van der Waals surface area contributed by atoms with Crippen molar-refractivity contribution in [1.82, 2.24) is 14.8 Å². The minimum Gasteiger partial charge on any atom is -0.390 e. The van der Waals surface area contributed by atoms with E-state index in [1.807, 2.05) is 18.0 Å². The third-order valence-corrected chi connectivity index (χ3v) is 4.18. The van der Waals surface area contributed by atoms with Crippen LogP contribution in [0, 0.1) is 11.3 Å². The first-order valence-corrected chi connectivity index (χ1v) is 7.74. The predicted octanol–water partition coefficient (Wildman–Crippen LogP) is 0.651. The van der Waals surface area contributed by atoms with Crippen molar-refractivity contribution in [3.8, 4) is 6.07 Å². The molecule has 120 valence electrons. The molecule has 1 aliphatic heterocycles. The lowest BCUT2D eigenvalue weighted by atomic mass is 10.2. The Kier molecular flexibility index (Phi) is 5.98. The van der Waals surface area contributed by atoms with Gasteiger partial charge in [-0.1, -0.05) is 11.6 Å². The van der Waals surface area contributed by atoms with E-state index in [0.717, 1.165) is 26.2 Å². The minimum absolute atomic E-state index is 0.208. The smallest absolute Gasteiger partial charge is 0.161 e. The number of piperazine rings is 1. The van der Waals surface area contributed by atoms with E-state index in [2.05, 4.69) is 21.8 Å². The van der Waals surface area contributed by atoms with Crippen molar-refractivity contribution >= 4 is 17.4 Å². The molecule has 0 aliphatic carbocycles. The normalized spacial score (nSPS) is 18.0. The molecular formula is C15H22ClN5O. The van der Waals surface area contributed by atoms with Gasteiger partial charge in [0.15, 0.2) is 5.69 Å². The van der Waals surface area contributed by atoms with Gasteiger partial charge in [-0.05, 0) is 19.2 Å². The van der Waals surface area contributed by atoms with Gasteiger partial charge in [-0.2, -0.15) is 5.26 Å². The lowest BCUT2D eigenvalue weighted by Crippen LogP contribution is -2.48. The van der Waals surface area contributed by atoms with Crippen molar-refractivity contribution in [2.45, 2.75) is 6.10 Å². The maximum atomic E-state index is 10.3. The van der Waals surface area contributed by atoms with Crippen LogP contribution in [0.15, 0.2) is 12.1 Å². The molecule has 0 radical (unpaired) electrons. The van der Waals surface area contributed by atoms with Gasteiger partial charge >= 0.3 is 0 Å². The molecule has 1 atom stereocenters. The van der Waals surface area contributed by atoms with Crippen LogP contribution in [-0.4, -0.2) is 79.4 Å². The average Bonchev–Trinajstić information content (AvgIpc) is 2.50. The first-order chi connectivity index (χ1) is 10.5. The standard InChI is InChI=1S/C15H22ClN5O/c1-19-5-7-21(8-6-19)11-12(22)10-20(2)15-4-3-13(16)14(9-17)18-15/h3-4,12,22H,5-8,10-11H2,1-2H3/t12-/m0/s1. The molecule has 7 heteroatoms. The van der Waals surface area contributed by atoms with Crippen LogP contribution < -0.4 is 4.90 Å². The summed E-state index contributed by atoms with van der Waals surface area (Å²) >= 11 is 5.88. The lowest BCUT2D eigenvalue weighted by molar-refractivity contribution is 0.0842. The number of rotatable bonds is 5. The van der Waals surface area contributed by atoms with E-state index in [1.54, 1.807) is 12.1 Å². The molecule has 0 amide bonds. The van der Waals surface area contributed by atoms with E-state index in [-0.39, 0.29) is 5.69 Å². The number of aromatic nitrogens is 1. The van der Waals surface area contributed by atoms with E-state index in [1.165, 1.54) is 0 Å². The fourth-order valence-electron chi connectivity index (χ4n) is 2.52. The minimum atomic E-state index is -0.462. The second kappa shape index (κ2) is 7.75. The molecule has 1 fully saturated rings. The Bertz CT molecular complexity index is 539. The number of β-amino-alcohol motifs (C(OH)–C–C–N with tert-alkyl or cyclic N) is 1. The topological polar surface area (TPSA) is 66.6 Å². The number of halogens is 1. The maximum absolute atomic E-state index is 10.3. The first kappa shape index (κ1) is 17.0. The van der Waals surface area contributed by atoms with Crippen molar-refractivity contribution in [2.75, 3.05) is 58.3 Å². The Hall–Kier alpha value is -1.39. The Morgan fingerprint density at radius 3 is 2.73 bits per heavy atom. The SMILES string of the molecule is CN1CCN(C[C@@H](O)CN(C)c2ccc(Cl)c(C#N)n2)CC1. The fraction of sp³-hybridized carbons (Fsp3) is 0.600. The van der Waals surface area contributed by atoms with Gasteiger partial charge in [0.2, 0.25) is 0 Å². The van der Waals surface area contributed by atoms with Gasteiger partial charge < -0.3 is 14.9 Å². The molecule has 22 heavy (non-hydrogen) atoms. The number of anilines is 1. The predicted molar refractivity (Wildman–Crippen MR) is 87.2 cm³/mol. The number of nitriles is 1.